The molecule has 0 radical (unpaired) electrons. The fourth-order valence-electron chi connectivity index (χ4n) is 2.70. The van der Waals surface area contributed by atoms with Gasteiger partial charge in [0.1, 0.15) is 24.0 Å². The fraction of sp³-hybridized carbons (Fsp3) is 0.429. The van der Waals surface area contributed by atoms with E-state index in [2.05, 4.69) is 10.3 Å². The van der Waals surface area contributed by atoms with Gasteiger partial charge in [0.2, 0.25) is 0 Å². The molecule has 1 aliphatic rings. The second-order valence-electron chi connectivity index (χ2n) is 5.78. The van der Waals surface area contributed by atoms with Crippen LogP contribution >= 0.6 is 7.60 Å². The van der Waals surface area contributed by atoms with E-state index in [-0.39, 0.29) is 59.1 Å². The Hall–Kier alpha value is 0.350. The van der Waals surface area contributed by atoms with Gasteiger partial charge in [-0.05, 0) is 0 Å². The number of ether oxygens (including phenoxy) is 1. The maximum absolute atomic E-state index is 10.8. The van der Waals surface area contributed by atoms with Crippen molar-refractivity contribution in [1.82, 2.24) is 15.0 Å². The maximum atomic E-state index is 10.8. The molecule has 0 bridgehead atoms. The van der Waals surface area contributed by atoms with E-state index in [9.17, 15) is 29.7 Å². The zero-order valence-electron chi connectivity index (χ0n) is 14.8. The first-order valence-corrected chi connectivity index (χ1v) is 9.17. The molecular formula is C14H16N3Na2O7P. The summed E-state index contributed by atoms with van der Waals surface area (Å²) in [5.41, 5.74) is 1.27. The van der Waals surface area contributed by atoms with E-state index < -0.39 is 44.4 Å². The third kappa shape index (κ3) is 6.16. The van der Waals surface area contributed by atoms with Gasteiger partial charge in [-0.1, -0.05) is 43.1 Å². The first-order chi connectivity index (χ1) is 11.8. The Labute approximate surface area is 199 Å². The van der Waals surface area contributed by atoms with Crippen LogP contribution in [0.15, 0.2) is 36.5 Å². The molecule has 1 aromatic carbocycles. The summed E-state index contributed by atoms with van der Waals surface area (Å²) in [5, 5.41) is 37.7. The van der Waals surface area contributed by atoms with Gasteiger partial charge in [-0.15, -0.1) is 5.10 Å². The monoisotopic (exact) mass is 415 g/mol. The van der Waals surface area contributed by atoms with Gasteiger partial charge in [-0.25, -0.2) is 4.68 Å². The van der Waals surface area contributed by atoms with E-state index in [0.717, 1.165) is 10.2 Å². The molecule has 1 saturated heterocycles. The van der Waals surface area contributed by atoms with Crippen molar-refractivity contribution < 1.29 is 93.5 Å². The van der Waals surface area contributed by atoms with Gasteiger partial charge >= 0.3 is 59.1 Å². The van der Waals surface area contributed by atoms with E-state index in [1.807, 2.05) is 30.3 Å². The van der Waals surface area contributed by atoms with E-state index in [1.54, 1.807) is 0 Å². The summed E-state index contributed by atoms with van der Waals surface area (Å²) in [4.78, 5) is 21.6. The topological polar surface area (TPSA) is 164 Å². The van der Waals surface area contributed by atoms with Crippen LogP contribution in [-0.2, 0) is 9.30 Å². The van der Waals surface area contributed by atoms with Crippen molar-refractivity contribution in [2.45, 2.75) is 30.6 Å². The molecule has 5 atom stereocenters. The molecule has 136 valence electrons. The summed E-state index contributed by atoms with van der Waals surface area (Å²) in [6.07, 6.45) is -7.10. The van der Waals surface area contributed by atoms with Crippen molar-refractivity contribution in [3.8, 4) is 11.3 Å². The van der Waals surface area contributed by atoms with Crippen LogP contribution in [0.25, 0.3) is 11.3 Å². The summed E-state index contributed by atoms with van der Waals surface area (Å²) < 4.78 is 17.3. The first kappa shape index (κ1) is 25.4. The number of rotatable bonds is 5. The minimum absolute atomic E-state index is 0. The van der Waals surface area contributed by atoms with Gasteiger partial charge in [-0.3, -0.25) is 0 Å². The SMILES string of the molecule is O=P([O-])([O-])C[C@@H](O)[C@H]1O[C@@H](n2cc(-c3ccccc3)nn2)[C@H](O)[C@@H]1O.[Na+].[Na+]. The Morgan fingerprint density at radius 3 is 2.41 bits per heavy atom. The van der Waals surface area contributed by atoms with Crippen LogP contribution < -0.4 is 68.9 Å². The molecule has 0 saturated carbocycles. The predicted molar refractivity (Wildman–Crippen MR) is 79.9 cm³/mol. The smallest absolute Gasteiger partial charge is 0.811 e. The molecule has 10 nitrogen and oxygen atoms in total. The number of aromatic nitrogens is 3. The number of benzene rings is 1. The molecule has 1 aliphatic heterocycles. The van der Waals surface area contributed by atoms with Gasteiger partial charge in [0.15, 0.2) is 6.23 Å². The molecule has 3 rings (SSSR count). The van der Waals surface area contributed by atoms with Crippen LogP contribution in [-0.4, -0.2) is 60.9 Å². The molecule has 13 heteroatoms. The van der Waals surface area contributed by atoms with Gasteiger partial charge in [0.05, 0.1) is 12.3 Å². The molecule has 27 heavy (non-hydrogen) atoms. The van der Waals surface area contributed by atoms with Crippen molar-refractivity contribution >= 4 is 7.60 Å². The number of hydrogen-bond acceptors (Lipinski definition) is 9. The Morgan fingerprint density at radius 1 is 1.19 bits per heavy atom. The number of nitrogens with zero attached hydrogens (tertiary/aromatic N) is 3. The van der Waals surface area contributed by atoms with E-state index in [1.165, 1.54) is 6.20 Å². The quantitative estimate of drug-likeness (QED) is 0.318. The molecule has 1 fully saturated rings. The zero-order valence-corrected chi connectivity index (χ0v) is 19.7. The van der Waals surface area contributed by atoms with Crippen LogP contribution in [0.4, 0.5) is 0 Å². The molecule has 2 heterocycles. The van der Waals surface area contributed by atoms with Crippen molar-refractivity contribution in [3.05, 3.63) is 36.5 Å². The molecule has 2 aromatic rings. The van der Waals surface area contributed by atoms with E-state index >= 15 is 0 Å². The zero-order chi connectivity index (χ0) is 18.2. The van der Waals surface area contributed by atoms with Crippen molar-refractivity contribution in [1.29, 1.82) is 0 Å². The third-order valence-corrected chi connectivity index (χ3v) is 4.73. The number of hydrogen-bond donors (Lipinski definition) is 3. The summed E-state index contributed by atoms with van der Waals surface area (Å²) in [5.74, 6) is 0. The molecule has 0 unspecified atom stereocenters. The molecule has 0 amide bonds. The molecule has 0 aliphatic carbocycles. The first-order valence-electron chi connectivity index (χ1n) is 7.44. The fourth-order valence-corrected chi connectivity index (χ4v) is 3.36. The molecule has 1 aromatic heterocycles. The van der Waals surface area contributed by atoms with Crippen LogP contribution in [0.5, 0.6) is 0 Å². The Morgan fingerprint density at radius 2 is 1.81 bits per heavy atom. The summed E-state index contributed by atoms with van der Waals surface area (Å²) in [7, 11) is -5.01. The summed E-state index contributed by atoms with van der Waals surface area (Å²) in [6, 6.07) is 9.08. The van der Waals surface area contributed by atoms with Crippen LogP contribution in [0.3, 0.4) is 0 Å². The Kier molecular flexibility index (Phi) is 9.78. The average Bonchev–Trinajstić information content (AvgIpc) is 3.13. The van der Waals surface area contributed by atoms with Gasteiger partial charge in [-0.2, -0.15) is 0 Å². The van der Waals surface area contributed by atoms with Gasteiger partial charge < -0.3 is 34.4 Å². The summed E-state index contributed by atoms with van der Waals surface area (Å²) in [6.45, 7) is 0. The van der Waals surface area contributed by atoms with Gasteiger partial charge in [0.25, 0.3) is 0 Å². The van der Waals surface area contributed by atoms with Crippen LogP contribution in [0.2, 0.25) is 0 Å². The summed E-state index contributed by atoms with van der Waals surface area (Å²) >= 11 is 0. The van der Waals surface area contributed by atoms with Crippen LogP contribution in [0.1, 0.15) is 6.23 Å². The van der Waals surface area contributed by atoms with Crippen molar-refractivity contribution in [2.24, 2.45) is 0 Å². The van der Waals surface area contributed by atoms with E-state index in [0.29, 0.717) is 5.69 Å². The van der Waals surface area contributed by atoms with E-state index in [4.69, 9.17) is 4.74 Å². The normalized spacial score (nSPS) is 26.1. The maximum Gasteiger partial charge on any atom is 1.00 e. The minimum atomic E-state index is -5.01. The van der Waals surface area contributed by atoms with Crippen LogP contribution in [0, 0.1) is 0 Å². The predicted octanol–water partition coefficient (Wildman–Crippen LogP) is -8.15. The largest absolute Gasteiger partial charge is 1.00 e. The minimum Gasteiger partial charge on any atom is -0.811 e. The second-order valence-corrected chi connectivity index (χ2v) is 7.37. The third-order valence-electron chi connectivity index (χ3n) is 3.91. The standard InChI is InChI=1S/C14H18N3O7P.2Na/c18-10(7-25(21,22)23)13-11(19)12(20)14(24-13)17-6-9(15-16-17)8-4-2-1-3-5-8;;/h1-6,10-14,18-20H,7H2,(H2,21,22,23);;/q;2*+1/p-2/t10-,11+,12-,13-,14-;;/m1../s1. The van der Waals surface area contributed by atoms with Gasteiger partial charge in [0, 0.05) is 11.7 Å². The Bertz CT molecular complexity index is 775. The second kappa shape index (κ2) is 10.4. The Balaban J connectivity index is 0.00000182. The number of aliphatic hydroxyl groups excluding tert-OH is 3. The number of aliphatic hydroxyl groups is 3. The molecular weight excluding hydrogens is 399 g/mol. The van der Waals surface area contributed by atoms with Crippen molar-refractivity contribution in [2.75, 3.05) is 6.16 Å². The average molecular weight is 415 g/mol. The van der Waals surface area contributed by atoms with Crippen molar-refractivity contribution in [3.63, 3.8) is 0 Å². The molecule has 0 spiro atoms. The molecule has 3 N–H and O–H groups in total.